The van der Waals surface area contributed by atoms with Crippen LogP contribution in [-0.4, -0.2) is 31.6 Å². The van der Waals surface area contributed by atoms with Crippen molar-refractivity contribution in [1.29, 1.82) is 0 Å². The first-order valence-electron chi connectivity index (χ1n) is 9.53. The summed E-state index contributed by atoms with van der Waals surface area (Å²) in [5, 5.41) is 13.9. The van der Waals surface area contributed by atoms with Gasteiger partial charge in [0.2, 0.25) is 0 Å². The average molecular weight is 422 g/mol. The second-order valence-electron chi connectivity index (χ2n) is 7.14. The third-order valence-corrected chi connectivity index (χ3v) is 5.12. The molecule has 3 aromatic heterocycles. The second kappa shape index (κ2) is 7.54. The number of furan rings is 1. The Bertz CT molecular complexity index is 1040. The number of halogens is 3. The molecular weight excluding hydrogens is 401 g/mol. The maximum atomic E-state index is 13.7. The maximum Gasteiger partial charge on any atom is 0.410 e. The highest BCUT2D eigenvalue weighted by Gasteiger charge is 2.47. The molecule has 160 valence electrons. The number of carbonyl (C=O) groups excluding carboxylic acids is 1. The molecule has 4 heterocycles. The Morgan fingerprint density at radius 2 is 2.20 bits per heavy atom. The number of alkyl halides is 3. The standard InChI is InChI=1S/C19H21F3N6O2/c1-3-27-10-12(11(2)25-27)9-23-18(29)14-8-17-24-13(15-5-4-6-30-15)7-16(19(20,21)22)28(17)26-14/h4-6,8,10,13,16,24H,3,7,9H2,1-2H3,(H,23,29)/t13-,16+/m1/s1. The fraction of sp³-hybridized carbons (Fsp3) is 0.421. The molecule has 0 fully saturated rings. The molecule has 0 unspecified atom stereocenters. The van der Waals surface area contributed by atoms with E-state index < -0.39 is 24.2 Å². The van der Waals surface area contributed by atoms with Crippen LogP contribution in [0.1, 0.15) is 52.9 Å². The number of aromatic nitrogens is 4. The first kappa shape index (κ1) is 20.0. The maximum absolute atomic E-state index is 13.7. The van der Waals surface area contributed by atoms with Gasteiger partial charge in [-0.05, 0) is 26.0 Å². The molecular formula is C19H21F3N6O2. The number of hydrogen-bond donors (Lipinski definition) is 2. The average Bonchev–Trinajstić information content (AvgIpc) is 3.43. The number of anilines is 1. The van der Waals surface area contributed by atoms with E-state index in [1.165, 1.54) is 12.3 Å². The molecule has 2 atom stereocenters. The molecule has 0 spiro atoms. The SMILES string of the molecule is CCn1cc(CNC(=O)c2cc3n(n2)[C@H](C(F)(F)F)C[C@H](c2ccco2)N3)c(C)n1. The summed E-state index contributed by atoms with van der Waals surface area (Å²) in [6, 6.07) is 2.02. The lowest BCUT2D eigenvalue weighted by Crippen LogP contribution is -2.35. The highest BCUT2D eigenvalue weighted by molar-refractivity contribution is 5.93. The van der Waals surface area contributed by atoms with Crippen LogP contribution in [0.4, 0.5) is 19.0 Å². The van der Waals surface area contributed by atoms with Gasteiger partial charge in [0.15, 0.2) is 11.7 Å². The zero-order valence-corrected chi connectivity index (χ0v) is 16.4. The number of nitrogens with zero attached hydrogens (tertiary/aromatic N) is 4. The predicted octanol–water partition coefficient (Wildman–Crippen LogP) is 3.59. The molecule has 1 aliphatic rings. The van der Waals surface area contributed by atoms with Crippen LogP contribution in [0.25, 0.3) is 0 Å². The Kier molecular flexibility index (Phi) is 5.04. The van der Waals surface area contributed by atoms with Crippen LogP contribution < -0.4 is 10.6 Å². The van der Waals surface area contributed by atoms with Gasteiger partial charge in [0.1, 0.15) is 11.6 Å². The molecule has 3 aromatic rings. The van der Waals surface area contributed by atoms with Crippen LogP contribution >= 0.6 is 0 Å². The summed E-state index contributed by atoms with van der Waals surface area (Å²) in [7, 11) is 0. The molecule has 0 saturated heterocycles. The van der Waals surface area contributed by atoms with E-state index in [2.05, 4.69) is 20.8 Å². The number of hydrogen-bond acceptors (Lipinski definition) is 5. The lowest BCUT2D eigenvalue weighted by atomic mass is 10.0. The quantitative estimate of drug-likeness (QED) is 0.656. The molecule has 0 saturated carbocycles. The highest BCUT2D eigenvalue weighted by Crippen LogP contribution is 2.43. The van der Waals surface area contributed by atoms with Gasteiger partial charge in [-0.2, -0.15) is 23.4 Å². The van der Waals surface area contributed by atoms with E-state index in [-0.39, 0.29) is 24.5 Å². The topological polar surface area (TPSA) is 89.9 Å². The smallest absolute Gasteiger partial charge is 0.410 e. The Labute approximate surface area is 170 Å². The van der Waals surface area contributed by atoms with Crippen LogP contribution in [0.2, 0.25) is 0 Å². The van der Waals surface area contributed by atoms with E-state index >= 15 is 0 Å². The van der Waals surface area contributed by atoms with Crippen molar-refractivity contribution in [2.24, 2.45) is 0 Å². The largest absolute Gasteiger partial charge is 0.467 e. The van der Waals surface area contributed by atoms with E-state index in [1.54, 1.807) is 16.8 Å². The molecule has 0 aromatic carbocycles. The summed E-state index contributed by atoms with van der Waals surface area (Å²) >= 11 is 0. The van der Waals surface area contributed by atoms with Gasteiger partial charge in [0.05, 0.1) is 18.0 Å². The van der Waals surface area contributed by atoms with Gasteiger partial charge in [0.25, 0.3) is 5.91 Å². The molecule has 0 bridgehead atoms. The van der Waals surface area contributed by atoms with E-state index in [1.807, 2.05) is 20.0 Å². The van der Waals surface area contributed by atoms with Crippen molar-refractivity contribution in [2.75, 3.05) is 5.32 Å². The number of aryl methyl sites for hydroxylation is 2. The van der Waals surface area contributed by atoms with E-state index in [9.17, 15) is 18.0 Å². The summed E-state index contributed by atoms with van der Waals surface area (Å²) in [5.41, 5.74) is 1.52. The zero-order chi connectivity index (χ0) is 21.5. The number of amides is 1. The van der Waals surface area contributed by atoms with Gasteiger partial charge in [-0.1, -0.05) is 0 Å². The van der Waals surface area contributed by atoms with E-state index in [0.29, 0.717) is 12.3 Å². The Balaban J connectivity index is 1.55. The molecule has 4 rings (SSSR count). The summed E-state index contributed by atoms with van der Waals surface area (Å²) in [6.07, 6.45) is -1.58. The molecule has 11 heteroatoms. The van der Waals surface area contributed by atoms with Crippen molar-refractivity contribution in [3.8, 4) is 0 Å². The van der Waals surface area contributed by atoms with Crippen molar-refractivity contribution in [3.05, 3.63) is 53.4 Å². The number of nitrogens with one attached hydrogen (secondary N) is 2. The lowest BCUT2D eigenvalue weighted by molar-refractivity contribution is -0.174. The predicted molar refractivity (Wildman–Crippen MR) is 101 cm³/mol. The van der Waals surface area contributed by atoms with Crippen LogP contribution in [0.5, 0.6) is 0 Å². The normalized spacial score (nSPS) is 18.7. The van der Waals surface area contributed by atoms with Crippen LogP contribution in [0.3, 0.4) is 0 Å². The lowest BCUT2D eigenvalue weighted by Gasteiger charge is -2.32. The Hall–Kier alpha value is -3.24. The molecule has 1 aliphatic heterocycles. The molecule has 8 nitrogen and oxygen atoms in total. The summed E-state index contributed by atoms with van der Waals surface area (Å²) in [6.45, 7) is 4.68. The van der Waals surface area contributed by atoms with Crippen molar-refractivity contribution >= 4 is 11.7 Å². The first-order chi connectivity index (χ1) is 14.3. The van der Waals surface area contributed by atoms with Crippen molar-refractivity contribution in [1.82, 2.24) is 24.9 Å². The monoisotopic (exact) mass is 422 g/mol. The Morgan fingerprint density at radius 1 is 1.40 bits per heavy atom. The fourth-order valence-corrected chi connectivity index (χ4v) is 3.52. The second-order valence-corrected chi connectivity index (χ2v) is 7.14. The fourth-order valence-electron chi connectivity index (χ4n) is 3.52. The van der Waals surface area contributed by atoms with Crippen molar-refractivity contribution in [2.45, 2.75) is 51.6 Å². The van der Waals surface area contributed by atoms with Gasteiger partial charge < -0.3 is 15.1 Å². The van der Waals surface area contributed by atoms with Gasteiger partial charge in [-0.3, -0.25) is 9.48 Å². The minimum Gasteiger partial charge on any atom is -0.467 e. The minimum atomic E-state index is -4.52. The summed E-state index contributed by atoms with van der Waals surface area (Å²) in [5.74, 6) is -0.0472. The Morgan fingerprint density at radius 3 is 2.83 bits per heavy atom. The van der Waals surface area contributed by atoms with Crippen LogP contribution in [-0.2, 0) is 13.1 Å². The van der Waals surface area contributed by atoms with E-state index in [4.69, 9.17) is 4.42 Å². The number of rotatable bonds is 5. The van der Waals surface area contributed by atoms with Gasteiger partial charge in [0, 0.05) is 37.3 Å². The molecule has 1 amide bonds. The number of fused-ring (bicyclic) bond motifs is 1. The van der Waals surface area contributed by atoms with Crippen molar-refractivity contribution in [3.63, 3.8) is 0 Å². The van der Waals surface area contributed by atoms with Gasteiger partial charge in [-0.25, -0.2) is 4.68 Å². The highest BCUT2D eigenvalue weighted by atomic mass is 19.4. The third kappa shape index (κ3) is 3.79. The molecule has 2 N–H and O–H groups in total. The van der Waals surface area contributed by atoms with Crippen molar-refractivity contribution < 1.29 is 22.4 Å². The minimum absolute atomic E-state index is 0.0904. The van der Waals surface area contributed by atoms with Crippen LogP contribution in [0.15, 0.2) is 35.1 Å². The first-order valence-corrected chi connectivity index (χ1v) is 9.53. The van der Waals surface area contributed by atoms with Gasteiger partial charge >= 0.3 is 6.18 Å². The van der Waals surface area contributed by atoms with Crippen LogP contribution in [0, 0.1) is 6.92 Å². The molecule has 0 aliphatic carbocycles. The number of carbonyl (C=O) groups is 1. The molecule has 0 radical (unpaired) electrons. The summed E-state index contributed by atoms with van der Waals surface area (Å²) in [4.78, 5) is 12.5. The molecule has 30 heavy (non-hydrogen) atoms. The van der Waals surface area contributed by atoms with E-state index in [0.717, 1.165) is 15.9 Å². The zero-order valence-electron chi connectivity index (χ0n) is 16.4. The third-order valence-electron chi connectivity index (χ3n) is 5.12. The van der Waals surface area contributed by atoms with Gasteiger partial charge in [-0.15, -0.1) is 0 Å². The summed E-state index contributed by atoms with van der Waals surface area (Å²) < 4.78 is 48.8.